The van der Waals surface area contributed by atoms with Gasteiger partial charge in [0.25, 0.3) is 5.91 Å². The van der Waals surface area contributed by atoms with E-state index in [2.05, 4.69) is 20.9 Å². The van der Waals surface area contributed by atoms with Crippen molar-refractivity contribution in [2.45, 2.75) is 50.6 Å². The summed E-state index contributed by atoms with van der Waals surface area (Å²) in [5, 5.41) is 9.74. The number of hydrogen-bond donors (Lipinski definition) is 1. The number of nitrogens with one attached hydrogen (secondary N) is 1. The largest absolute Gasteiger partial charge is 0.330 e. The number of nitrogens with zero attached hydrogens (tertiary/aromatic N) is 5. The molecule has 1 saturated carbocycles. The Kier molecular flexibility index (Phi) is 5.72. The summed E-state index contributed by atoms with van der Waals surface area (Å²) in [5.74, 6) is 0.848. The second-order valence-corrected chi connectivity index (χ2v) is 7.52. The molecule has 3 rings (SSSR count). The van der Waals surface area contributed by atoms with E-state index in [4.69, 9.17) is 0 Å². The molecule has 1 saturated heterocycles. The summed E-state index contributed by atoms with van der Waals surface area (Å²) < 4.78 is 0. The smallest absolute Gasteiger partial charge is 0.281 e. The molecule has 1 atom stereocenters. The first-order chi connectivity index (χ1) is 12.6. The van der Waals surface area contributed by atoms with Crippen LogP contribution in [-0.4, -0.2) is 65.6 Å². The zero-order valence-electron chi connectivity index (χ0n) is 15.8. The number of hydrogen-bond acceptors (Lipinski definition) is 5. The average Bonchev–Trinajstić information content (AvgIpc) is 2.73. The van der Waals surface area contributed by atoms with Crippen molar-refractivity contribution in [3.05, 3.63) is 18.5 Å². The molecule has 7 heteroatoms. The Labute approximate surface area is 155 Å². The minimum absolute atomic E-state index is 0.0906. The van der Waals surface area contributed by atoms with E-state index in [0.717, 1.165) is 64.2 Å². The van der Waals surface area contributed by atoms with E-state index in [1.807, 2.05) is 20.0 Å². The summed E-state index contributed by atoms with van der Waals surface area (Å²) >= 11 is 0. The first-order valence-corrected chi connectivity index (χ1v) is 9.63. The van der Waals surface area contributed by atoms with Gasteiger partial charge < -0.3 is 14.7 Å². The highest BCUT2D eigenvalue weighted by molar-refractivity contribution is 5.81. The molecule has 0 aromatic carbocycles. The Morgan fingerprint density at radius 2 is 1.88 bits per heavy atom. The Balaban J connectivity index is 1.60. The second kappa shape index (κ2) is 8.00. The minimum atomic E-state index is -0.608. The van der Waals surface area contributed by atoms with E-state index in [1.54, 1.807) is 17.3 Å². The molecule has 2 heterocycles. The van der Waals surface area contributed by atoms with Gasteiger partial charge >= 0.3 is 0 Å². The number of rotatable bonds is 4. The van der Waals surface area contributed by atoms with Crippen LogP contribution in [0.1, 0.15) is 39.0 Å². The van der Waals surface area contributed by atoms with E-state index in [0.29, 0.717) is 0 Å². The third kappa shape index (κ3) is 3.65. The summed E-state index contributed by atoms with van der Waals surface area (Å²) in [6.45, 7) is 5.42. The van der Waals surface area contributed by atoms with Crippen molar-refractivity contribution in [2.24, 2.45) is 0 Å². The van der Waals surface area contributed by atoms with Crippen LogP contribution in [0.15, 0.2) is 18.5 Å². The molecule has 7 nitrogen and oxygen atoms in total. The van der Waals surface area contributed by atoms with Crippen LogP contribution in [0, 0.1) is 11.3 Å². The van der Waals surface area contributed by atoms with Crippen LogP contribution in [-0.2, 0) is 4.79 Å². The van der Waals surface area contributed by atoms with Crippen LogP contribution < -0.4 is 9.80 Å². The Morgan fingerprint density at radius 1 is 1.27 bits per heavy atom. The zero-order chi connectivity index (χ0) is 18.6. The van der Waals surface area contributed by atoms with Gasteiger partial charge in [0.2, 0.25) is 5.95 Å². The topological polar surface area (TPSA) is 77.6 Å². The maximum absolute atomic E-state index is 13.1. The molecular weight excluding hydrogens is 328 g/mol. The molecule has 0 spiro atoms. The number of anilines is 1. The second-order valence-electron chi connectivity index (χ2n) is 7.52. The molecule has 1 aromatic heterocycles. The molecule has 26 heavy (non-hydrogen) atoms. The lowest BCUT2D eigenvalue weighted by molar-refractivity contribution is -0.915. The number of nitriles is 1. The van der Waals surface area contributed by atoms with Crippen molar-refractivity contribution in [1.29, 1.82) is 5.26 Å². The Morgan fingerprint density at radius 3 is 2.46 bits per heavy atom. The van der Waals surface area contributed by atoms with Crippen molar-refractivity contribution < 1.29 is 9.69 Å². The lowest BCUT2D eigenvalue weighted by atomic mass is 9.81. The van der Waals surface area contributed by atoms with Gasteiger partial charge in [-0.1, -0.05) is 19.3 Å². The fraction of sp³-hybridized carbons (Fsp3) is 0.684. The van der Waals surface area contributed by atoms with Crippen molar-refractivity contribution in [3.8, 4) is 6.07 Å². The molecule has 1 aliphatic heterocycles. The summed E-state index contributed by atoms with van der Waals surface area (Å²) in [6.07, 6.45) is 8.34. The van der Waals surface area contributed by atoms with Crippen molar-refractivity contribution in [3.63, 3.8) is 0 Å². The fourth-order valence-electron chi connectivity index (χ4n) is 4.22. The first kappa shape index (κ1) is 18.6. The van der Waals surface area contributed by atoms with Crippen LogP contribution >= 0.6 is 0 Å². The number of carbonyl (C=O) groups is 1. The lowest BCUT2D eigenvalue weighted by Crippen LogP contribution is -3.19. The first-order valence-electron chi connectivity index (χ1n) is 9.63. The number of amides is 1. The number of carbonyl (C=O) groups excluding carboxylic acids is 1. The van der Waals surface area contributed by atoms with Crippen molar-refractivity contribution in [2.75, 3.05) is 38.1 Å². The number of aromatic nitrogens is 2. The molecule has 0 unspecified atom stereocenters. The predicted octanol–water partition coefficient (Wildman–Crippen LogP) is 0.255. The van der Waals surface area contributed by atoms with Gasteiger partial charge in [-0.15, -0.1) is 0 Å². The highest BCUT2D eigenvalue weighted by atomic mass is 16.2. The fourth-order valence-corrected chi connectivity index (χ4v) is 4.22. The van der Waals surface area contributed by atoms with Gasteiger partial charge in [-0.2, -0.15) is 5.26 Å². The van der Waals surface area contributed by atoms with Crippen LogP contribution in [0.5, 0.6) is 0 Å². The molecule has 140 valence electrons. The van der Waals surface area contributed by atoms with Gasteiger partial charge in [0, 0.05) is 19.4 Å². The highest BCUT2D eigenvalue weighted by Gasteiger charge is 2.42. The van der Waals surface area contributed by atoms with Gasteiger partial charge in [-0.25, -0.2) is 9.97 Å². The summed E-state index contributed by atoms with van der Waals surface area (Å²) in [5.41, 5.74) is -0.608. The molecule has 0 radical (unpaired) electrons. The van der Waals surface area contributed by atoms with Crippen molar-refractivity contribution in [1.82, 2.24) is 14.9 Å². The maximum Gasteiger partial charge on any atom is 0.281 e. The van der Waals surface area contributed by atoms with Gasteiger partial charge in [0.1, 0.15) is 5.54 Å². The average molecular weight is 357 g/mol. The number of piperazine rings is 1. The molecule has 1 aromatic rings. The zero-order valence-corrected chi connectivity index (χ0v) is 15.8. The Hall–Kier alpha value is -2.20. The summed E-state index contributed by atoms with van der Waals surface area (Å²) in [4.78, 5) is 26.9. The maximum atomic E-state index is 13.1. The van der Waals surface area contributed by atoms with E-state index >= 15 is 0 Å². The third-order valence-electron chi connectivity index (χ3n) is 6.08. The lowest BCUT2D eigenvalue weighted by Gasteiger charge is -2.41. The molecule has 1 N–H and O–H groups in total. The summed E-state index contributed by atoms with van der Waals surface area (Å²) in [7, 11) is 1.82. The van der Waals surface area contributed by atoms with Crippen LogP contribution in [0.3, 0.4) is 0 Å². The number of quaternary nitrogens is 1. The van der Waals surface area contributed by atoms with Gasteiger partial charge in [0.15, 0.2) is 6.04 Å². The van der Waals surface area contributed by atoms with Gasteiger partial charge in [-0.05, 0) is 25.8 Å². The van der Waals surface area contributed by atoms with Gasteiger partial charge in [-0.3, -0.25) is 4.79 Å². The third-order valence-corrected chi connectivity index (χ3v) is 6.08. The molecule has 0 bridgehead atoms. The summed E-state index contributed by atoms with van der Waals surface area (Å²) in [6, 6.07) is 4.14. The molecular formula is C19H29N6O+. The van der Waals surface area contributed by atoms with Crippen LogP contribution in [0.25, 0.3) is 0 Å². The van der Waals surface area contributed by atoms with E-state index < -0.39 is 5.54 Å². The van der Waals surface area contributed by atoms with Crippen molar-refractivity contribution >= 4 is 11.9 Å². The minimum Gasteiger partial charge on any atom is -0.330 e. The van der Waals surface area contributed by atoms with E-state index in [9.17, 15) is 10.1 Å². The molecule has 1 aliphatic carbocycles. The standard InChI is InChI=1S/C19H28N6O/c1-16(17(26)23(2)19(15-20)7-4-3-5-8-19)24-11-13-25(14-12-24)18-21-9-6-10-22-18/h6,9-10,16H,3-5,7-8,11-14H2,1-2H3/p+1/t16-/m1/s1. The van der Waals surface area contributed by atoms with E-state index in [-0.39, 0.29) is 11.9 Å². The van der Waals surface area contributed by atoms with Gasteiger partial charge in [0.05, 0.1) is 32.2 Å². The SMILES string of the molecule is C[C@H](C(=O)N(C)C1(C#N)CCCCC1)[NH+]1CCN(c2ncccn2)CC1. The van der Waals surface area contributed by atoms with E-state index in [1.165, 1.54) is 4.90 Å². The number of likely N-dealkylation sites (N-methyl/N-ethyl adjacent to an activating group) is 1. The molecule has 1 amide bonds. The highest BCUT2D eigenvalue weighted by Crippen LogP contribution is 2.32. The predicted molar refractivity (Wildman–Crippen MR) is 98.6 cm³/mol. The quantitative estimate of drug-likeness (QED) is 0.836. The molecule has 2 fully saturated rings. The molecule has 2 aliphatic rings. The normalized spacial score (nSPS) is 21.7. The Bertz CT molecular complexity index is 644. The van der Waals surface area contributed by atoms with Crippen LogP contribution in [0.2, 0.25) is 0 Å². The monoisotopic (exact) mass is 357 g/mol. The van der Waals surface area contributed by atoms with Crippen LogP contribution in [0.4, 0.5) is 5.95 Å².